The standard InChI is InChI=1S/C30H25BrN4O4/c1-2-3-14-28-33-26-16-15-23(31)17-25(26)30(36)34(28)32-18-21-10-7-13-27(35(37)38)29(21)39-19-22-11-6-9-20-8-4-5-12-24(20)22/h4-13,15-18H,2-3,14,19H2,1H3. The second kappa shape index (κ2) is 11.6. The number of aryl methyl sites for hydroxylation is 1. The number of nitrogens with zero attached hydrogens (tertiary/aromatic N) is 4. The predicted molar refractivity (Wildman–Crippen MR) is 157 cm³/mol. The zero-order chi connectivity index (χ0) is 27.4. The van der Waals surface area contributed by atoms with E-state index in [-0.39, 0.29) is 23.6 Å². The van der Waals surface area contributed by atoms with Gasteiger partial charge >= 0.3 is 5.69 Å². The van der Waals surface area contributed by atoms with Crippen LogP contribution < -0.4 is 10.3 Å². The monoisotopic (exact) mass is 584 g/mol. The van der Waals surface area contributed by atoms with E-state index in [1.807, 2.05) is 48.5 Å². The Balaban J connectivity index is 1.56. The number of unbranched alkanes of at least 4 members (excludes halogenated alkanes) is 1. The van der Waals surface area contributed by atoms with E-state index in [9.17, 15) is 14.9 Å². The molecular weight excluding hydrogens is 560 g/mol. The van der Waals surface area contributed by atoms with Gasteiger partial charge in [0.05, 0.1) is 22.0 Å². The van der Waals surface area contributed by atoms with Crippen LogP contribution in [-0.4, -0.2) is 20.8 Å². The maximum atomic E-state index is 13.4. The van der Waals surface area contributed by atoms with Gasteiger partial charge in [0.15, 0.2) is 0 Å². The summed E-state index contributed by atoms with van der Waals surface area (Å²) >= 11 is 3.42. The summed E-state index contributed by atoms with van der Waals surface area (Å²) in [6.07, 6.45) is 3.75. The zero-order valence-corrected chi connectivity index (χ0v) is 22.8. The molecule has 0 radical (unpaired) electrons. The number of para-hydroxylation sites is 1. The first-order valence-corrected chi connectivity index (χ1v) is 13.4. The van der Waals surface area contributed by atoms with E-state index in [0.29, 0.717) is 28.7 Å². The normalized spacial score (nSPS) is 11.4. The lowest BCUT2D eigenvalue weighted by atomic mass is 10.1. The van der Waals surface area contributed by atoms with Gasteiger partial charge in [-0.2, -0.15) is 9.78 Å². The van der Waals surface area contributed by atoms with Crippen LogP contribution in [0.5, 0.6) is 5.75 Å². The van der Waals surface area contributed by atoms with Gasteiger partial charge in [-0.05, 0) is 47.0 Å². The average Bonchev–Trinajstić information content (AvgIpc) is 2.95. The Kier molecular flexibility index (Phi) is 7.79. The molecule has 0 aliphatic carbocycles. The summed E-state index contributed by atoms with van der Waals surface area (Å²) in [5.41, 5.74) is 1.38. The Labute approximate surface area is 232 Å². The maximum Gasteiger partial charge on any atom is 0.311 e. The van der Waals surface area contributed by atoms with Gasteiger partial charge in [-0.1, -0.05) is 77.8 Å². The summed E-state index contributed by atoms with van der Waals surface area (Å²) in [7, 11) is 0. The minimum Gasteiger partial charge on any atom is -0.481 e. The molecule has 0 bridgehead atoms. The average molecular weight is 585 g/mol. The Morgan fingerprint density at radius 1 is 1.05 bits per heavy atom. The molecule has 1 heterocycles. The van der Waals surface area contributed by atoms with Gasteiger partial charge in [0, 0.05) is 22.5 Å². The molecular formula is C30H25BrN4O4. The minimum absolute atomic E-state index is 0.0823. The molecule has 0 saturated heterocycles. The molecule has 4 aromatic carbocycles. The van der Waals surface area contributed by atoms with Crippen LogP contribution >= 0.6 is 15.9 Å². The Morgan fingerprint density at radius 2 is 1.85 bits per heavy atom. The molecule has 0 atom stereocenters. The van der Waals surface area contributed by atoms with Crippen molar-refractivity contribution < 1.29 is 9.66 Å². The highest BCUT2D eigenvalue weighted by Gasteiger charge is 2.19. The quantitative estimate of drug-likeness (QED) is 0.105. The molecule has 8 nitrogen and oxygen atoms in total. The molecule has 0 N–H and O–H groups in total. The highest BCUT2D eigenvalue weighted by Crippen LogP contribution is 2.31. The fourth-order valence-electron chi connectivity index (χ4n) is 4.44. The van der Waals surface area contributed by atoms with Crippen LogP contribution in [0.2, 0.25) is 0 Å². The van der Waals surface area contributed by atoms with Gasteiger partial charge in [-0.15, -0.1) is 0 Å². The van der Waals surface area contributed by atoms with Crippen molar-refractivity contribution in [1.82, 2.24) is 9.66 Å². The Bertz CT molecular complexity index is 1780. The number of aromatic nitrogens is 2. The first-order chi connectivity index (χ1) is 19.0. The number of hydrogen-bond donors (Lipinski definition) is 0. The van der Waals surface area contributed by atoms with Crippen molar-refractivity contribution >= 4 is 49.5 Å². The van der Waals surface area contributed by atoms with Crippen LogP contribution in [0, 0.1) is 10.1 Å². The third kappa shape index (κ3) is 5.58. The minimum atomic E-state index is -0.482. The van der Waals surface area contributed by atoms with E-state index in [1.165, 1.54) is 17.0 Å². The summed E-state index contributed by atoms with van der Waals surface area (Å²) in [5.74, 6) is 0.607. The van der Waals surface area contributed by atoms with Gasteiger partial charge in [0.25, 0.3) is 5.56 Å². The molecule has 1 aromatic heterocycles. The Hall–Kier alpha value is -4.37. The number of fused-ring (bicyclic) bond motifs is 2. The molecule has 5 aromatic rings. The topological polar surface area (TPSA) is 99.6 Å². The third-order valence-electron chi connectivity index (χ3n) is 6.41. The highest BCUT2D eigenvalue weighted by molar-refractivity contribution is 9.10. The number of nitro benzene ring substituents is 1. The molecule has 0 spiro atoms. The smallest absolute Gasteiger partial charge is 0.311 e. The lowest BCUT2D eigenvalue weighted by molar-refractivity contribution is -0.385. The molecule has 0 fully saturated rings. The molecule has 196 valence electrons. The zero-order valence-electron chi connectivity index (χ0n) is 21.2. The van der Waals surface area contributed by atoms with Crippen molar-refractivity contribution in [3.05, 3.63) is 121 Å². The van der Waals surface area contributed by atoms with E-state index < -0.39 is 4.92 Å². The van der Waals surface area contributed by atoms with Crippen molar-refractivity contribution in [3.8, 4) is 5.75 Å². The van der Waals surface area contributed by atoms with Crippen LogP contribution in [0.4, 0.5) is 5.69 Å². The van der Waals surface area contributed by atoms with Gasteiger partial charge < -0.3 is 4.74 Å². The van der Waals surface area contributed by atoms with E-state index in [4.69, 9.17) is 4.74 Å². The van der Waals surface area contributed by atoms with Crippen molar-refractivity contribution in [3.63, 3.8) is 0 Å². The number of rotatable bonds is 9. The first kappa shape index (κ1) is 26.2. The van der Waals surface area contributed by atoms with Crippen LogP contribution in [0.1, 0.15) is 36.7 Å². The third-order valence-corrected chi connectivity index (χ3v) is 6.91. The molecule has 5 rings (SSSR count). The number of ether oxygens (including phenoxy) is 1. The van der Waals surface area contributed by atoms with Crippen LogP contribution in [0.3, 0.4) is 0 Å². The largest absolute Gasteiger partial charge is 0.481 e. The van der Waals surface area contributed by atoms with Crippen LogP contribution in [-0.2, 0) is 13.0 Å². The van der Waals surface area contributed by atoms with Gasteiger partial charge in [-0.25, -0.2) is 4.98 Å². The van der Waals surface area contributed by atoms with E-state index in [1.54, 1.807) is 24.3 Å². The molecule has 39 heavy (non-hydrogen) atoms. The molecule has 0 aliphatic rings. The fourth-order valence-corrected chi connectivity index (χ4v) is 4.80. The summed E-state index contributed by atoms with van der Waals surface area (Å²) in [6, 6.07) is 23.8. The van der Waals surface area contributed by atoms with Crippen molar-refractivity contribution in [2.75, 3.05) is 0 Å². The van der Waals surface area contributed by atoms with Gasteiger partial charge in [0.2, 0.25) is 5.75 Å². The second-order valence-corrected chi connectivity index (χ2v) is 9.95. The van der Waals surface area contributed by atoms with Crippen molar-refractivity contribution in [1.29, 1.82) is 0 Å². The van der Waals surface area contributed by atoms with Gasteiger partial charge in [0.1, 0.15) is 12.4 Å². The van der Waals surface area contributed by atoms with E-state index in [2.05, 4.69) is 32.9 Å². The van der Waals surface area contributed by atoms with Crippen molar-refractivity contribution in [2.45, 2.75) is 32.8 Å². The molecule has 0 aliphatic heterocycles. The van der Waals surface area contributed by atoms with Crippen molar-refractivity contribution in [2.24, 2.45) is 5.10 Å². The molecule has 0 saturated carbocycles. The second-order valence-electron chi connectivity index (χ2n) is 9.03. The fraction of sp³-hybridized carbons (Fsp3) is 0.167. The van der Waals surface area contributed by atoms with Crippen LogP contribution in [0.25, 0.3) is 21.7 Å². The Morgan fingerprint density at radius 3 is 2.67 bits per heavy atom. The molecule has 0 unspecified atom stereocenters. The SMILES string of the molecule is CCCCc1nc2ccc(Br)cc2c(=O)n1N=Cc1cccc([N+](=O)[O-])c1OCc1cccc2ccccc12. The van der Waals surface area contributed by atoms with Crippen LogP contribution in [0.15, 0.2) is 93.2 Å². The lowest BCUT2D eigenvalue weighted by Crippen LogP contribution is -2.22. The maximum absolute atomic E-state index is 13.4. The van der Waals surface area contributed by atoms with Gasteiger partial charge in [-0.3, -0.25) is 14.9 Å². The number of hydrogen-bond acceptors (Lipinski definition) is 6. The summed E-state index contributed by atoms with van der Waals surface area (Å²) in [4.78, 5) is 29.5. The molecule has 0 amide bonds. The van der Waals surface area contributed by atoms with E-state index >= 15 is 0 Å². The number of halogens is 1. The highest BCUT2D eigenvalue weighted by atomic mass is 79.9. The lowest BCUT2D eigenvalue weighted by Gasteiger charge is -2.12. The number of nitro groups is 1. The number of benzene rings is 4. The molecule has 9 heteroatoms. The summed E-state index contributed by atoms with van der Waals surface area (Å²) in [6.45, 7) is 2.19. The predicted octanol–water partition coefficient (Wildman–Crippen LogP) is 7.02. The summed E-state index contributed by atoms with van der Waals surface area (Å²) < 4.78 is 8.11. The first-order valence-electron chi connectivity index (χ1n) is 12.6. The van der Waals surface area contributed by atoms with E-state index in [0.717, 1.165) is 33.7 Å². The summed E-state index contributed by atoms with van der Waals surface area (Å²) in [5, 5.41) is 18.8.